The number of aliphatic carboxylic acids is 1. The number of halogens is 2. The largest absolute Gasteiger partial charge is 0.480 e. The second-order valence-corrected chi connectivity index (χ2v) is 6.55. The second kappa shape index (κ2) is 6.33. The molecule has 0 bridgehead atoms. The van der Waals surface area contributed by atoms with E-state index in [0.29, 0.717) is 4.31 Å². The van der Waals surface area contributed by atoms with Gasteiger partial charge in [0.15, 0.2) is 0 Å². The summed E-state index contributed by atoms with van der Waals surface area (Å²) in [4.78, 5) is 10.6. The standard InChI is InChI=1S/C14H11ClFNO4S/c15-12-8-10(16)6-7-13(12)22(20,21)17(9-14(18)19)11-4-2-1-3-5-11/h1-8H,9H2,(H,18,19). The lowest BCUT2D eigenvalue weighted by Crippen LogP contribution is -2.35. The number of hydrogen-bond acceptors (Lipinski definition) is 3. The molecule has 2 aromatic carbocycles. The summed E-state index contributed by atoms with van der Waals surface area (Å²) in [7, 11) is -4.24. The molecule has 0 atom stereocenters. The molecule has 116 valence electrons. The molecule has 0 aliphatic heterocycles. The van der Waals surface area contributed by atoms with Crippen LogP contribution in [0.1, 0.15) is 0 Å². The van der Waals surface area contributed by atoms with Crippen LogP contribution in [0.15, 0.2) is 53.4 Å². The average molecular weight is 344 g/mol. The zero-order chi connectivity index (χ0) is 16.3. The van der Waals surface area contributed by atoms with Crippen molar-refractivity contribution in [2.75, 3.05) is 10.8 Å². The summed E-state index contributed by atoms with van der Waals surface area (Å²) in [5.74, 6) is -2.01. The third-order valence-corrected chi connectivity index (χ3v) is 5.04. The van der Waals surface area contributed by atoms with Gasteiger partial charge in [-0.3, -0.25) is 9.10 Å². The molecule has 1 N–H and O–H groups in total. The van der Waals surface area contributed by atoms with Crippen molar-refractivity contribution in [1.82, 2.24) is 0 Å². The van der Waals surface area contributed by atoms with Gasteiger partial charge >= 0.3 is 5.97 Å². The van der Waals surface area contributed by atoms with Crippen molar-refractivity contribution in [3.63, 3.8) is 0 Å². The van der Waals surface area contributed by atoms with Crippen LogP contribution in [0.2, 0.25) is 5.02 Å². The minimum absolute atomic E-state index is 0.172. The number of hydrogen-bond donors (Lipinski definition) is 1. The summed E-state index contributed by atoms with van der Waals surface area (Å²) in [6.45, 7) is -0.778. The minimum Gasteiger partial charge on any atom is -0.480 e. The molecule has 0 aliphatic carbocycles. The summed E-state index contributed by atoms with van der Waals surface area (Å²) in [6, 6.07) is 10.5. The van der Waals surface area contributed by atoms with Gasteiger partial charge < -0.3 is 5.11 Å². The normalized spacial score (nSPS) is 11.2. The van der Waals surface area contributed by atoms with Crippen molar-refractivity contribution in [2.24, 2.45) is 0 Å². The highest BCUT2D eigenvalue weighted by Crippen LogP contribution is 2.28. The van der Waals surface area contributed by atoms with E-state index in [0.717, 1.165) is 18.2 Å². The highest BCUT2D eigenvalue weighted by molar-refractivity contribution is 7.93. The summed E-state index contributed by atoms with van der Waals surface area (Å²) in [6.07, 6.45) is 0. The monoisotopic (exact) mass is 343 g/mol. The topological polar surface area (TPSA) is 74.7 Å². The first kappa shape index (κ1) is 16.3. The maximum absolute atomic E-state index is 13.1. The maximum atomic E-state index is 13.1. The van der Waals surface area contributed by atoms with Gasteiger partial charge in [0, 0.05) is 0 Å². The van der Waals surface area contributed by atoms with Gasteiger partial charge in [0.1, 0.15) is 17.3 Å². The van der Waals surface area contributed by atoms with Gasteiger partial charge in [-0.15, -0.1) is 0 Å². The van der Waals surface area contributed by atoms with Crippen LogP contribution in [0.4, 0.5) is 10.1 Å². The van der Waals surface area contributed by atoms with E-state index in [-0.39, 0.29) is 15.6 Å². The molecule has 0 unspecified atom stereocenters. The molecule has 0 amide bonds. The van der Waals surface area contributed by atoms with Crippen LogP contribution in [0.5, 0.6) is 0 Å². The molecule has 0 saturated heterocycles. The lowest BCUT2D eigenvalue weighted by molar-refractivity contribution is -0.135. The van der Waals surface area contributed by atoms with Crippen molar-refractivity contribution in [3.8, 4) is 0 Å². The van der Waals surface area contributed by atoms with E-state index < -0.39 is 28.4 Å². The number of rotatable bonds is 5. The smallest absolute Gasteiger partial charge is 0.324 e. The number of carbonyl (C=O) groups is 1. The van der Waals surface area contributed by atoms with E-state index in [1.54, 1.807) is 18.2 Å². The summed E-state index contributed by atoms with van der Waals surface area (Å²) in [5.41, 5.74) is 0.172. The molecular weight excluding hydrogens is 333 g/mol. The molecule has 0 heterocycles. The Kier molecular flexibility index (Phi) is 4.68. The van der Waals surface area contributed by atoms with E-state index >= 15 is 0 Å². The van der Waals surface area contributed by atoms with Crippen LogP contribution in [-0.4, -0.2) is 26.0 Å². The fraction of sp³-hybridized carbons (Fsp3) is 0.0714. The number of carboxylic acid groups (broad SMARTS) is 1. The van der Waals surface area contributed by atoms with Crippen LogP contribution in [0, 0.1) is 5.82 Å². The molecule has 0 aromatic heterocycles. The van der Waals surface area contributed by atoms with Crippen LogP contribution >= 0.6 is 11.6 Å². The zero-order valence-corrected chi connectivity index (χ0v) is 12.7. The Morgan fingerprint density at radius 2 is 1.82 bits per heavy atom. The van der Waals surface area contributed by atoms with Crippen LogP contribution in [0.3, 0.4) is 0 Å². The van der Waals surface area contributed by atoms with E-state index in [9.17, 15) is 17.6 Å². The lowest BCUT2D eigenvalue weighted by Gasteiger charge is -2.23. The predicted octanol–water partition coefficient (Wildman–Crippen LogP) is 2.76. The Balaban J connectivity index is 2.57. The molecule has 5 nitrogen and oxygen atoms in total. The van der Waals surface area contributed by atoms with Crippen LogP contribution < -0.4 is 4.31 Å². The number of anilines is 1. The molecule has 0 saturated carbocycles. The maximum Gasteiger partial charge on any atom is 0.324 e. The van der Waals surface area contributed by atoms with Crippen LogP contribution in [0.25, 0.3) is 0 Å². The Bertz CT molecular complexity index is 796. The Morgan fingerprint density at radius 3 is 2.36 bits per heavy atom. The fourth-order valence-corrected chi connectivity index (χ4v) is 3.76. The number of nitrogens with zero attached hydrogens (tertiary/aromatic N) is 1. The Morgan fingerprint density at radius 1 is 1.18 bits per heavy atom. The van der Waals surface area contributed by atoms with Crippen molar-refractivity contribution >= 4 is 33.3 Å². The second-order valence-electron chi connectivity index (χ2n) is 4.32. The number of benzene rings is 2. The molecule has 0 fully saturated rings. The summed E-state index contributed by atoms with van der Waals surface area (Å²) < 4.78 is 39.1. The van der Waals surface area contributed by atoms with Gasteiger partial charge in [0.05, 0.1) is 10.7 Å². The van der Waals surface area contributed by atoms with Gasteiger partial charge in [-0.1, -0.05) is 29.8 Å². The Hall–Kier alpha value is -2.12. The van der Waals surface area contributed by atoms with Crippen molar-refractivity contribution in [2.45, 2.75) is 4.90 Å². The number of para-hydroxylation sites is 1. The first-order chi connectivity index (χ1) is 10.3. The van der Waals surface area contributed by atoms with Crippen molar-refractivity contribution < 1.29 is 22.7 Å². The molecule has 2 aromatic rings. The molecule has 0 spiro atoms. The fourth-order valence-electron chi connectivity index (χ4n) is 1.84. The van der Waals surface area contributed by atoms with E-state index in [2.05, 4.69) is 0 Å². The minimum atomic E-state index is -4.24. The van der Waals surface area contributed by atoms with Crippen LogP contribution in [-0.2, 0) is 14.8 Å². The summed E-state index contributed by atoms with van der Waals surface area (Å²) in [5, 5.41) is 8.66. The average Bonchev–Trinajstić information content (AvgIpc) is 2.45. The lowest BCUT2D eigenvalue weighted by atomic mass is 10.3. The van der Waals surface area contributed by atoms with Gasteiger partial charge in [-0.25, -0.2) is 12.8 Å². The van der Waals surface area contributed by atoms with E-state index in [1.807, 2.05) is 0 Å². The quantitative estimate of drug-likeness (QED) is 0.905. The van der Waals surface area contributed by atoms with Gasteiger partial charge in [0.25, 0.3) is 10.0 Å². The molecule has 22 heavy (non-hydrogen) atoms. The number of carboxylic acids is 1. The third kappa shape index (κ3) is 3.37. The number of sulfonamides is 1. The first-order valence-corrected chi connectivity index (χ1v) is 7.89. The van der Waals surface area contributed by atoms with Gasteiger partial charge in [-0.05, 0) is 30.3 Å². The molecule has 0 radical (unpaired) electrons. The highest BCUT2D eigenvalue weighted by Gasteiger charge is 2.29. The third-order valence-electron chi connectivity index (χ3n) is 2.79. The molecular formula is C14H11ClFNO4S. The van der Waals surface area contributed by atoms with Gasteiger partial charge in [-0.2, -0.15) is 0 Å². The Labute approximate surface area is 131 Å². The molecule has 8 heteroatoms. The van der Waals surface area contributed by atoms with Crippen molar-refractivity contribution in [3.05, 3.63) is 59.4 Å². The van der Waals surface area contributed by atoms with Crippen molar-refractivity contribution in [1.29, 1.82) is 0 Å². The van der Waals surface area contributed by atoms with E-state index in [4.69, 9.17) is 16.7 Å². The molecule has 0 aliphatic rings. The predicted molar refractivity (Wildman–Crippen MR) is 80.0 cm³/mol. The van der Waals surface area contributed by atoms with Gasteiger partial charge in [0.2, 0.25) is 0 Å². The first-order valence-electron chi connectivity index (χ1n) is 6.07. The summed E-state index contributed by atoms with van der Waals surface area (Å²) >= 11 is 5.79. The zero-order valence-electron chi connectivity index (χ0n) is 11.1. The van der Waals surface area contributed by atoms with E-state index in [1.165, 1.54) is 12.1 Å². The molecule has 2 rings (SSSR count). The highest BCUT2D eigenvalue weighted by atomic mass is 35.5. The SMILES string of the molecule is O=C(O)CN(c1ccccc1)S(=O)(=O)c1ccc(F)cc1Cl.